The number of carbonyl (C=O) groups excluding carboxylic acids is 2. The van der Waals surface area contributed by atoms with E-state index in [1.807, 2.05) is 18.2 Å². The molecule has 0 aromatic heterocycles. The van der Waals surface area contributed by atoms with Crippen LogP contribution in [-0.2, 0) is 26.0 Å². The lowest BCUT2D eigenvalue weighted by molar-refractivity contribution is -0.132. The monoisotopic (exact) mass is 443 g/mol. The molecular weight excluding hydrogens is 418 g/mol. The summed E-state index contributed by atoms with van der Waals surface area (Å²) < 4.78 is 30.7. The number of ether oxygens (including phenoxy) is 1. The van der Waals surface area contributed by atoms with E-state index in [0.717, 1.165) is 19.6 Å². The molecule has 2 heterocycles. The summed E-state index contributed by atoms with van der Waals surface area (Å²) in [5.41, 5.74) is 1.68. The third-order valence-corrected chi connectivity index (χ3v) is 7.22. The van der Waals surface area contributed by atoms with E-state index in [-0.39, 0.29) is 35.5 Å². The Bertz CT molecular complexity index is 1060. The maximum absolute atomic E-state index is 12.7. The number of nitrogens with one attached hydrogen (secondary N) is 1. The zero-order chi connectivity index (χ0) is 21.8. The summed E-state index contributed by atoms with van der Waals surface area (Å²) in [5.74, 6) is -0.371. The Labute approximate surface area is 181 Å². The van der Waals surface area contributed by atoms with Crippen molar-refractivity contribution in [2.75, 3.05) is 43.9 Å². The Balaban J connectivity index is 1.29. The van der Waals surface area contributed by atoms with Crippen LogP contribution in [0.4, 0.5) is 5.69 Å². The lowest BCUT2D eigenvalue weighted by Crippen LogP contribution is -2.48. The third kappa shape index (κ3) is 5.23. The SMILES string of the molecule is O=C1COc2cc(S(=O)(=O)CCC(=O)N3CCN(Cc4ccccc4)CC3)ccc2N1. The van der Waals surface area contributed by atoms with Crippen LogP contribution in [0.5, 0.6) is 5.75 Å². The number of piperazine rings is 1. The summed E-state index contributed by atoms with van der Waals surface area (Å²) in [5, 5.41) is 2.63. The molecule has 31 heavy (non-hydrogen) atoms. The smallest absolute Gasteiger partial charge is 0.262 e. The number of hydrogen-bond donors (Lipinski definition) is 1. The maximum atomic E-state index is 12.7. The third-order valence-electron chi connectivity index (χ3n) is 5.50. The van der Waals surface area contributed by atoms with Gasteiger partial charge in [0, 0.05) is 45.2 Å². The number of nitrogens with zero attached hydrogens (tertiary/aromatic N) is 2. The van der Waals surface area contributed by atoms with E-state index in [0.29, 0.717) is 24.5 Å². The van der Waals surface area contributed by atoms with Crippen LogP contribution in [-0.4, -0.2) is 68.6 Å². The standard InChI is InChI=1S/C22H25N3O5S/c26-21-16-30-20-14-18(6-7-19(20)23-21)31(28,29)13-8-22(27)25-11-9-24(10-12-25)15-17-4-2-1-3-5-17/h1-7,14H,8-13,15-16H2,(H,23,26). The molecule has 1 N–H and O–H groups in total. The van der Waals surface area contributed by atoms with Crippen LogP contribution in [0.25, 0.3) is 0 Å². The first kappa shape index (κ1) is 21.3. The predicted octanol–water partition coefficient (Wildman–Crippen LogP) is 1.53. The average Bonchev–Trinajstić information content (AvgIpc) is 2.78. The highest BCUT2D eigenvalue weighted by molar-refractivity contribution is 7.91. The topological polar surface area (TPSA) is 96.0 Å². The highest BCUT2D eigenvalue weighted by Crippen LogP contribution is 2.30. The molecule has 2 aromatic rings. The van der Waals surface area contributed by atoms with Gasteiger partial charge in [0.2, 0.25) is 5.91 Å². The number of carbonyl (C=O) groups is 2. The molecule has 2 aliphatic heterocycles. The van der Waals surface area contributed by atoms with Crippen molar-refractivity contribution in [3.8, 4) is 5.75 Å². The summed E-state index contributed by atoms with van der Waals surface area (Å²) in [6.07, 6.45) is -0.0598. The molecule has 1 fully saturated rings. The second kappa shape index (κ2) is 9.07. The van der Waals surface area contributed by atoms with Crippen molar-refractivity contribution in [2.45, 2.75) is 17.9 Å². The summed E-state index contributed by atoms with van der Waals surface area (Å²) in [7, 11) is -3.64. The molecule has 1 saturated heterocycles. The molecule has 2 aromatic carbocycles. The predicted molar refractivity (Wildman–Crippen MR) is 116 cm³/mol. The van der Waals surface area contributed by atoms with Gasteiger partial charge in [-0.3, -0.25) is 14.5 Å². The van der Waals surface area contributed by atoms with Crippen LogP contribution in [0, 0.1) is 0 Å². The molecule has 2 amide bonds. The van der Waals surface area contributed by atoms with Gasteiger partial charge in [0.25, 0.3) is 5.91 Å². The Morgan fingerprint density at radius 1 is 1.03 bits per heavy atom. The van der Waals surface area contributed by atoms with Gasteiger partial charge in [-0.15, -0.1) is 0 Å². The second-order valence-electron chi connectivity index (χ2n) is 7.71. The van der Waals surface area contributed by atoms with Crippen LogP contribution in [0.1, 0.15) is 12.0 Å². The molecule has 164 valence electrons. The molecule has 8 nitrogen and oxygen atoms in total. The van der Waals surface area contributed by atoms with Gasteiger partial charge in [0.05, 0.1) is 16.3 Å². The molecule has 0 unspecified atom stereocenters. The second-order valence-corrected chi connectivity index (χ2v) is 9.82. The van der Waals surface area contributed by atoms with Crippen molar-refractivity contribution in [1.29, 1.82) is 0 Å². The first-order chi connectivity index (χ1) is 14.9. The summed E-state index contributed by atoms with van der Waals surface area (Å²) in [6.45, 7) is 3.42. The summed E-state index contributed by atoms with van der Waals surface area (Å²) in [6, 6.07) is 14.5. The number of fused-ring (bicyclic) bond motifs is 1. The zero-order valence-corrected chi connectivity index (χ0v) is 17.9. The van der Waals surface area contributed by atoms with Gasteiger partial charge in [-0.25, -0.2) is 8.42 Å². The number of benzene rings is 2. The molecule has 0 atom stereocenters. The van der Waals surface area contributed by atoms with Crippen LogP contribution in [0.15, 0.2) is 53.4 Å². The first-order valence-electron chi connectivity index (χ1n) is 10.2. The molecule has 2 aliphatic rings. The fourth-order valence-electron chi connectivity index (χ4n) is 3.74. The van der Waals surface area contributed by atoms with Gasteiger partial charge in [-0.1, -0.05) is 30.3 Å². The largest absolute Gasteiger partial charge is 0.482 e. The van der Waals surface area contributed by atoms with Crippen molar-refractivity contribution >= 4 is 27.3 Å². The Kier molecular flexibility index (Phi) is 6.24. The van der Waals surface area contributed by atoms with Crippen molar-refractivity contribution in [1.82, 2.24) is 9.80 Å². The van der Waals surface area contributed by atoms with E-state index in [9.17, 15) is 18.0 Å². The van der Waals surface area contributed by atoms with Gasteiger partial charge in [-0.05, 0) is 17.7 Å². The van der Waals surface area contributed by atoms with Crippen LogP contribution < -0.4 is 10.1 Å². The van der Waals surface area contributed by atoms with E-state index in [2.05, 4.69) is 22.3 Å². The number of sulfone groups is 1. The molecule has 0 saturated carbocycles. The lowest BCUT2D eigenvalue weighted by Gasteiger charge is -2.34. The van der Waals surface area contributed by atoms with Crippen LogP contribution >= 0.6 is 0 Å². The fraction of sp³-hybridized carbons (Fsp3) is 0.364. The average molecular weight is 444 g/mol. The van der Waals surface area contributed by atoms with Crippen molar-refractivity contribution < 1.29 is 22.7 Å². The van der Waals surface area contributed by atoms with E-state index in [1.54, 1.807) is 4.90 Å². The molecule has 0 aliphatic carbocycles. The zero-order valence-electron chi connectivity index (χ0n) is 17.1. The van der Waals surface area contributed by atoms with E-state index in [1.165, 1.54) is 23.8 Å². The number of rotatable bonds is 6. The van der Waals surface area contributed by atoms with Crippen molar-refractivity contribution in [3.63, 3.8) is 0 Å². The summed E-state index contributed by atoms with van der Waals surface area (Å²) in [4.78, 5) is 28.0. The Morgan fingerprint density at radius 2 is 1.77 bits per heavy atom. The minimum Gasteiger partial charge on any atom is -0.482 e. The maximum Gasteiger partial charge on any atom is 0.262 e. The molecular formula is C22H25N3O5S. The molecule has 0 radical (unpaired) electrons. The number of hydrogen-bond acceptors (Lipinski definition) is 6. The highest BCUT2D eigenvalue weighted by atomic mass is 32.2. The van der Waals surface area contributed by atoms with E-state index in [4.69, 9.17) is 4.74 Å². The quantitative estimate of drug-likeness (QED) is 0.727. The van der Waals surface area contributed by atoms with E-state index >= 15 is 0 Å². The van der Waals surface area contributed by atoms with Gasteiger partial charge >= 0.3 is 0 Å². The highest BCUT2D eigenvalue weighted by Gasteiger charge is 2.25. The number of amides is 2. The Hall–Kier alpha value is -2.91. The van der Waals surface area contributed by atoms with Gasteiger partial charge in [-0.2, -0.15) is 0 Å². The minimum atomic E-state index is -3.64. The van der Waals surface area contributed by atoms with Crippen LogP contribution in [0.2, 0.25) is 0 Å². The lowest BCUT2D eigenvalue weighted by atomic mass is 10.2. The van der Waals surface area contributed by atoms with Crippen molar-refractivity contribution in [3.05, 3.63) is 54.1 Å². The molecule has 0 spiro atoms. The van der Waals surface area contributed by atoms with Crippen molar-refractivity contribution in [2.24, 2.45) is 0 Å². The molecule has 9 heteroatoms. The number of anilines is 1. The van der Waals surface area contributed by atoms with Gasteiger partial charge in [0.15, 0.2) is 16.4 Å². The first-order valence-corrected chi connectivity index (χ1v) is 11.9. The normalized spacial score (nSPS) is 16.9. The van der Waals surface area contributed by atoms with Gasteiger partial charge < -0.3 is 15.0 Å². The fourth-order valence-corrected chi connectivity index (χ4v) is 4.98. The van der Waals surface area contributed by atoms with Crippen LogP contribution in [0.3, 0.4) is 0 Å². The van der Waals surface area contributed by atoms with Gasteiger partial charge in [0.1, 0.15) is 5.75 Å². The Morgan fingerprint density at radius 3 is 2.52 bits per heavy atom. The minimum absolute atomic E-state index is 0.0598. The van der Waals surface area contributed by atoms with E-state index < -0.39 is 9.84 Å². The summed E-state index contributed by atoms with van der Waals surface area (Å²) >= 11 is 0. The molecule has 4 rings (SSSR count). The molecule has 0 bridgehead atoms.